The Hall–Kier alpha value is -3.10. The van der Waals surface area contributed by atoms with Gasteiger partial charge in [-0.15, -0.1) is 0 Å². The lowest BCUT2D eigenvalue weighted by atomic mass is 10.0. The number of carbonyl (C=O) groups is 4. The Morgan fingerprint density at radius 1 is 1.20 bits per heavy atom. The molecule has 0 aliphatic carbocycles. The van der Waals surface area contributed by atoms with Crippen LogP contribution in [-0.4, -0.2) is 53.9 Å². The molecule has 2 atom stereocenters. The minimum Gasteiger partial charge on any atom is -0.445 e. The molecular formula is C21H30N4O5. The van der Waals surface area contributed by atoms with Crippen molar-refractivity contribution in [1.82, 2.24) is 15.5 Å². The quantitative estimate of drug-likeness (QED) is 0.549. The van der Waals surface area contributed by atoms with Gasteiger partial charge < -0.3 is 21.1 Å². The molecule has 1 aromatic rings. The maximum Gasteiger partial charge on any atom is 0.410 e. The number of primary amides is 1. The summed E-state index contributed by atoms with van der Waals surface area (Å²) in [5.41, 5.74) is 5.92. The predicted octanol–water partition coefficient (Wildman–Crippen LogP) is 0.920. The molecule has 30 heavy (non-hydrogen) atoms. The molecule has 0 spiro atoms. The SMILES string of the molecule is CC(C)C[C@H](NC(=O)[C@H]1CCCN1C(=O)OCc1ccccc1)C(=O)NCC(N)=O. The molecule has 1 aromatic carbocycles. The lowest BCUT2D eigenvalue weighted by molar-refractivity contribution is -0.132. The Labute approximate surface area is 176 Å². The average molecular weight is 418 g/mol. The van der Waals surface area contributed by atoms with Crippen molar-refractivity contribution in [3.8, 4) is 0 Å². The van der Waals surface area contributed by atoms with Crippen molar-refractivity contribution in [2.24, 2.45) is 11.7 Å². The van der Waals surface area contributed by atoms with Gasteiger partial charge in [-0.1, -0.05) is 44.2 Å². The lowest BCUT2D eigenvalue weighted by Gasteiger charge is -2.26. The molecule has 1 aliphatic rings. The highest BCUT2D eigenvalue weighted by atomic mass is 16.6. The molecule has 2 rings (SSSR count). The third-order valence-corrected chi connectivity index (χ3v) is 4.77. The summed E-state index contributed by atoms with van der Waals surface area (Å²) in [6, 6.07) is 7.76. The number of nitrogens with two attached hydrogens (primary N) is 1. The molecule has 4 amide bonds. The molecule has 1 aliphatic heterocycles. The van der Waals surface area contributed by atoms with Crippen LogP contribution in [0.5, 0.6) is 0 Å². The second-order valence-corrected chi connectivity index (χ2v) is 7.77. The van der Waals surface area contributed by atoms with Crippen LogP contribution in [0.15, 0.2) is 30.3 Å². The van der Waals surface area contributed by atoms with Crippen molar-refractivity contribution in [1.29, 1.82) is 0 Å². The van der Waals surface area contributed by atoms with Gasteiger partial charge in [0.1, 0.15) is 18.7 Å². The van der Waals surface area contributed by atoms with E-state index in [0.717, 1.165) is 5.56 Å². The highest BCUT2D eigenvalue weighted by molar-refractivity contribution is 5.92. The number of likely N-dealkylation sites (tertiary alicyclic amines) is 1. The number of amides is 4. The van der Waals surface area contributed by atoms with Gasteiger partial charge in [-0.05, 0) is 30.7 Å². The second kappa shape index (κ2) is 11.2. The van der Waals surface area contributed by atoms with Crippen LogP contribution in [0.25, 0.3) is 0 Å². The summed E-state index contributed by atoms with van der Waals surface area (Å²) >= 11 is 0. The first-order chi connectivity index (χ1) is 14.3. The summed E-state index contributed by atoms with van der Waals surface area (Å²) in [4.78, 5) is 50.0. The number of nitrogens with one attached hydrogen (secondary N) is 2. The number of hydrogen-bond acceptors (Lipinski definition) is 5. The van der Waals surface area contributed by atoms with Crippen molar-refractivity contribution in [3.05, 3.63) is 35.9 Å². The van der Waals surface area contributed by atoms with Crippen molar-refractivity contribution < 1.29 is 23.9 Å². The largest absolute Gasteiger partial charge is 0.445 e. The van der Waals surface area contributed by atoms with E-state index < -0.39 is 35.9 Å². The van der Waals surface area contributed by atoms with Gasteiger partial charge in [0, 0.05) is 6.54 Å². The fourth-order valence-corrected chi connectivity index (χ4v) is 3.33. The Balaban J connectivity index is 1.96. The normalized spacial score (nSPS) is 16.8. The molecule has 0 unspecified atom stereocenters. The monoisotopic (exact) mass is 418 g/mol. The Kier molecular flexibility index (Phi) is 8.64. The van der Waals surface area contributed by atoms with Crippen LogP contribution in [0.1, 0.15) is 38.7 Å². The maximum absolute atomic E-state index is 12.8. The van der Waals surface area contributed by atoms with E-state index in [0.29, 0.717) is 25.8 Å². The zero-order valence-electron chi connectivity index (χ0n) is 17.4. The predicted molar refractivity (Wildman–Crippen MR) is 110 cm³/mol. The van der Waals surface area contributed by atoms with E-state index in [1.807, 2.05) is 44.2 Å². The number of rotatable bonds is 9. The number of ether oxygens (including phenoxy) is 1. The molecular weight excluding hydrogens is 388 g/mol. The number of benzene rings is 1. The minimum absolute atomic E-state index is 0.121. The minimum atomic E-state index is -0.820. The molecule has 164 valence electrons. The van der Waals surface area contributed by atoms with Gasteiger partial charge >= 0.3 is 6.09 Å². The Morgan fingerprint density at radius 3 is 2.53 bits per heavy atom. The molecule has 0 saturated carbocycles. The number of nitrogens with zero attached hydrogens (tertiary/aromatic N) is 1. The molecule has 1 saturated heterocycles. The highest BCUT2D eigenvalue weighted by Gasteiger charge is 2.36. The molecule has 9 heteroatoms. The second-order valence-electron chi connectivity index (χ2n) is 7.77. The summed E-state index contributed by atoms with van der Waals surface area (Å²) in [5, 5.41) is 5.14. The highest BCUT2D eigenvalue weighted by Crippen LogP contribution is 2.20. The van der Waals surface area contributed by atoms with E-state index in [1.54, 1.807) is 0 Å². The summed E-state index contributed by atoms with van der Waals surface area (Å²) in [6.45, 7) is 4.07. The molecule has 0 aromatic heterocycles. The number of carbonyl (C=O) groups excluding carboxylic acids is 4. The van der Waals surface area contributed by atoms with E-state index in [1.165, 1.54) is 4.90 Å². The van der Waals surface area contributed by atoms with Crippen LogP contribution in [0.2, 0.25) is 0 Å². The Bertz CT molecular complexity index is 753. The number of hydrogen-bond donors (Lipinski definition) is 3. The van der Waals surface area contributed by atoms with Crippen molar-refractivity contribution >= 4 is 23.8 Å². The van der Waals surface area contributed by atoms with Gasteiger partial charge in [0.2, 0.25) is 17.7 Å². The van der Waals surface area contributed by atoms with Gasteiger partial charge in [0.15, 0.2) is 0 Å². The van der Waals surface area contributed by atoms with Crippen LogP contribution in [0, 0.1) is 5.92 Å². The van der Waals surface area contributed by atoms with Crippen molar-refractivity contribution in [2.45, 2.75) is 51.8 Å². The first-order valence-electron chi connectivity index (χ1n) is 10.1. The summed E-state index contributed by atoms with van der Waals surface area (Å²) in [5.74, 6) is -1.43. The summed E-state index contributed by atoms with van der Waals surface area (Å²) in [7, 11) is 0. The van der Waals surface area contributed by atoms with Crippen LogP contribution in [-0.2, 0) is 25.7 Å². The van der Waals surface area contributed by atoms with E-state index in [4.69, 9.17) is 10.5 Å². The van der Waals surface area contributed by atoms with Gasteiger partial charge in [-0.3, -0.25) is 19.3 Å². The van der Waals surface area contributed by atoms with Crippen LogP contribution in [0.3, 0.4) is 0 Å². The average Bonchev–Trinajstić information content (AvgIpc) is 3.20. The molecule has 4 N–H and O–H groups in total. The first kappa shape index (κ1) is 23.2. The van der Waals surface area contributed by atoms with E-state index in [9.17, 15) is 19.2 Å². The van der Waals surface area contributed by atoms with E-state index >= 15 is 0 Å². The smallest absolute Gasteiger partial charge is 0.410 e. The fraction of sp³-hybridized carbons (Fsp3) is 0.524. The summed E-state index contributed by atoms with van der Waals surface area (Å²) in [6.07, 6.45) is 0.988. The fourth-order valence-electron chi connectivity index (χ4n) is 3.33. The molecule has 0 bridgehead atoms. The van der Waals surface area contributed by atoms with Crippen LogP contribution < -0.4 is 16.4 Å². The van der Waals surface area contributed by atoms with Gasteiger partial charge in [0.05, 0.1) is 6.54 Å². The zero-order chi connectivity index (χ0) is 22.1. The van der Waals surface area contributed by atoms with Gasteiger partial charge in [-0.2, -0.15) is 0 Å². The third-order valence-electron chi connectivity index (χ3n) is 4.77. The molecule has 9 nitrogen and oxygen atoms in total. The third kappa shape index (κ3) is 7.06. The van der Waals surface area contributed by atoms with Gasteiger partial charge in [-0.25, -0.2) is 4.79 Å². The standard InChI is InChI=1S/C21H30N4O5/c1-14(2)11-16(19(27)23-12-18(22)26)24-20(28)17-9-6-10-25(17)21(29)30-13-15-7-4-3-5-8-15/h3-5,7-8,14,16-17H,6,9-13H2,1-2H3,(H2,22,26)(H,23,27)(H,24,28)/t16-,17+/m0/s1. The molecule has 1 fully saturated rings. The zero-order valence-corrected chi connectivity index (χ0v) is 17.4. The topological polar surface area (TPSA) is 131 Å². The molecule has 1 heterocycles. The maximum atomic E-state index is 12.8. The van der Waals surface area contributed by atoms with Crippen molar-refractivity contribution in [3.63, 3.8) is 0 Å². The van der Waals surface area contributed by atoms with Gasteiger partial charge in [0.25, 0.3) is 0 Å². The lowest BCUT2D eigenvalue weighted by Crippen LogP contribution is -2.54. The van der Waals surface area contributed by atoms with Crippen LogP contribution in [0.4, 0.5) is 4.79 Å². The first-order valence-corrected chi connectivity index (χ1v) is 10.1. The van der Waals surface area contributed by atoms with Crippen LogP contribution >= 0.6 is 0 Å². The molecule has 0 radical (unpaired) electrons. The Morgan fingerprint density at radius 2 is 1.90 bits per heavy atom. The van der Waals surface area contributed by atoms with E-state index in [-0.39, 0.29) is 19.1 Å². The van der Waals surface area contributed by atoms with Crippen molar-refractivity contribution in [2.75, 3.05) is 13.1 Å². The summed E-state index contributed by atoms with van der Waals surface area (Å²) < 4.78 is 5.35. The van der Waals surface area contributed by atoms with E-state index in [2.05, 4.69) is 10.6 Å².